The van der Waals surface area contributed by atoms with Gasteiger partial charge in [-0.1, -0.05) is 13.0 Å². The number of pyridine rings is 1. The lowest BCUT2D eigenvalue weighted by molar-refractivity contribution is -0.272. The fraction of sp³-hybridized carbons (Fsp3) is 0.350. The number of nitrogens with two attached hydrogens (primary N) is 1. The van der Waals surface area contributed by atoms with Gasteiger partial charge in [-0.25, -0.2) is 9.38 Å². The van der Waals surface area contributed by atoms with E-state index < -0.39 is 70.2 Å². The van der Waals surface area contributed by atoms with Gasteiger partial charge in [-0.2, -0.15) is 22.3 Å². The fourth-order valence-electron chi connectivity index (χ4n) is 3.76. The molecular formula is C20H18F5N3O5. The largest absolute Gasteiger partial charge is 0.505 e. The van der Waals surface area contributed by atoms with E-state index in [1.54, 1.807) is 0 Å². The van der Waals surface area contributed by atoms with E-state index in [-0.39, 0.29) is 5.36 Å². The third-order valence-electron chi connectivity index (χ3n) is 5.78. The zero-order valence-corrected chi connectivity index (χ0v) is 17.1. The number of primary amides is 1. The van der Waals surface area contributed by atoms with Crippen LogP contribution in [-0.4, -0.2) is 44.7 Å². The van der Waals surface area contributed by atoms with E-state index in [2.05, 4.69) is 4.99 Å². The van der Waals surface area contributed by atoms with Gasteiger partial charge >= 0.3 is 6.18 Å². The number of aromatic nitrogens is 1. The Morgan fingerprint density at radius 2 is 1.88 bits per heavy atom. The summed E-state index contributed by atoms with van der Waals surface area (Å²) in [6.45, 7) is 1.78. The highest BCUT2D eigenvalue weighted by molar-refractivity contribution is 5.91. The first-order valence-electron chi connectivity index (χ1n) is 9.40. The van der Waals surface area contributed by atoms with Crippen LogP contribution in [0.1, 0.15) is 35.8 Å². The molecule has 0 radical (unpaired) electrons. The van der Waals surface area contributed by atoms with Gasteiger partial charge in [0.1, 0.15) is 11.8 Å². The van der Waals surface area contributed by atoms with Crippen molar-refractivity contribution in [2.45, 2.75) is 37.6 Å². The molecule has 13 heteroatoms. The van der Waals surface area contributed by atoms with Crippen LogP contribution in [-0.2, 0) is 9.53 Å². The normalized spacial score (nSPS) is 25.9. The molecule has 0 saturated carbocycles. The standard InChI is InChI=1S/C20H18F5N3O5/c1-8-13(10-3-4-11(21)14(22)15(10)29)16(33-19(8,2)20(23,24)25)18(31)27-9-5-6-28(32)12(7-9)17(26)30/h3-8,13,16,29,32H,1-2H3,(H2,26,30)/t8-,13-,16-,19-/m1/s1. The summed E-state index contributed by atoms with van der Waals surface area (Å²) in [5, 5.41) is 19.4. The second kappa shape index (κ2) is 8.14. The molecule has 3 rings (SSSR count). The summed E-state index contributed by atoms with van der Waals surface area (Å²) in [6, 6.07) is 3.44. The van der Waals surface area contributed by atoms with Gasteiger partial charge in [0.05, 0.1) is 5.36 Å². The molecule has 1 fully saturated rings. The summed E-state index contributed by atoms with van der Waals surface area (Å²) >= 11 is 0. The van der Waals surface area contributed by atoms with Crippen LogP contribution in [0.4, 0.5) is 22.0 Å². The predicted octanol–water partition coefficient (Wildman–Crippen LogP) is 2.38. The van der Waals surface area contributed by atoms with Crippen LogP contribution < -0.4 is 11.1 Å². The number of ether oxygens (including phenoxy) is 1. The smallest absolute Gasteiger partial charge is 0.417 e. The Labute approximate surface area is 182 Å². The molecule has 4 atom stereocenters. The topological polar surface area (TPSA) is 127 Å². The molecule has 1 aromatic carbocycles. The number of hydrogen-bond donors (Lipinski definition) is 3. The van der Waals surface area contributed by atoms with Gasteiger partial charge < -0.3 is 20.8 Å². The third kappa shape index (κ3) is 4.03. The number of benzene rings is 1. The minimum Gasteiger partial charge on any atom is -0.505 e. The lowest BCUT2D eigenvalue weighted by Crippen LogP contribution is -2.47. The quantitative estimate of drug-likeness (QED) is 0.464. The minimum atomic E-state index is -4.97. The summed E-state index contributed by atoms with van der Waals surface area (Å²) in [6.07, 6.45) is -6.01. The second-order valence-electron chi connectivity index (χ2n) is 7.69. The van der Waals surface area contributed by atoms with Crippen LogP contribution in [0, 0.1) is 17.6 Å². The second-order valence-corrected chi connectivity index (χ2v) is 7.69. The van der Waals surface area contributed by atoms with Crippen molar-refractivity contribution in [3.05, 3.63) is 58.7 Å². The highest BCUT2D eigenvalue weighted by Crippen LogP contribution is 2.54. The van der Waals surface area contributed by atoms with Crippen molar-refractivity contribution in [3.8, 4) is 5.75 Å². The number of aromatic hydroxyl groups is 1. The minimum absolute atomic E-state index is 0.246. The molecule has 2 amide bonds. The Hall–Kier alpha value is -3.48. The first kappa shape index (κ1) is 24.2. The van der Waals surface area contributed by atoms with Gasteiger partial charge in [-0.05, 0) is 25.1 Å². The molecule has 4 N–H and O–H groups in total. The average Bonchev–Trinajstić information content (AvgIpc) is 3.00. The molecule has 178 valence electrons. The summed E-state index contributed by atoms with van der Waals surface area (Å²) in [4.78, 5) is 27.9. The number of alkyl halides is 3. The Morgan fingerprint density at radius 3 is 2.45 bits per heavy atom. The van der Waals surface area contributed by atoms with Crippen molar-refractivity contribution in [2.75, 3.05) is 0 Å². The van der Waals surface area contributed by atoms with Crippen molar-refractivity contribution < 1.29 is 46.6 Å². The molecule has 2 heterocycles. The third-order valence-corrected chi connectivity index (χ3v) is 5.78. The van der Waals surface area contributed by atoms with Crippen LogP contribution in [0.25, 0.3) is 0 Å². The molecule has 0 bridgehead atoms. The van der Waals surface area contributed by atoms with Crippen LogP contribution in [0.5, 0.6) is 5.75 Å². The van der Waals surface area contributed by atoms with Crippen molar-refractivity contribution in [1.82, 2.24) is 4.73 Å². The molecular weight excluding hydrogens is 457 g/mol. The van der Waals surface area contributed by atoms with Crippen molar-refractivity contribution in [1.29, 1.82) is 0 Å². The Kier molecular flexibility index (Phi) is 5.96. The van der Waals surface area contributed by atoms with Crippen LogP contribution >= 0.6 is 0 Å². The molecule has 0 spiro atoms. The summed E-state index contributed by atoms with van der Waals surface area (Å²) in [5.41, 5.74) is 1.25. The van der Waals surface area contributed by atoms with E-state index in [0.29, 0.717) is 17.7 Å². The van der Waals surface area contributed by atoms with Crippen molar-refractivity contribution in [2.24, 2.45) is 16.6 Å². The highest BCUT2D eigenvalue weighted by atomic mass is 19.4. The van der Waals surface area contributed by atoms with Gasteiger partial charge in [0.25, 0.3) is 11.8 Å². The van der Waals surface area contributed by atoms with Crippen LogP contribution in [0.2, 0.25) is 0 Å². The SMILES string of the molecule is C[C@@H]1[C@H](c2ccc(F)c(F)c2O)[C@H](C(=O)N=c2ccn(O)c(C(N)=O)c2)O[C@@]1(C)C(F)(F)F. The zero-order valence-electron chi connectivity index (χ0n) is 17.1. The van der Waals surface area contributed by atoms with Gasteiger partial charge in [0.15, 0.2) is 17.2 Å². The van der Waals surface area contributed by atoms with E-state index in [4.69, 9.17) is 10.5 Å². The number of phenolic OH excluding ortho intramolecular Hbond substituents is 1. The first-order chi connectivity index (χ1) is 15.2. The van der Waals surface area contributed by atoms with Gasteiger partial charge in [0, 0.05) is 23.6 Å². The Bertz CT molecular complexity index is 1200. The van der Waals surface area contributed by atoms with E-state index in [9.17, 15) is 41.9 Å². The van der Waals surface area contributed by atoms with Crippen molar-refractivity contribution >= 4 is 11.8 Å². The molecule has 2 aromatic rings. The molecule has 0 unspecified atom stereocenters. The number of carbonyl (C=O) groups is 2. The highest BCUT2D eigenvalue weighted by Gasteiger charge is 2.65. The van der Waals surface area contributed by atoms with Gasteiger partial charge in [-0.15, -0.1) is 0 Å². The Morgan fingerprint density at radius 1 is 1.24 bits per heavy atom. The van der Waals surface area contributed by atoms with Crippen molar-refractivity contribution in [3.63, 3.8) is 0 Å². The number of phenols is 1. The maximum atomic E-state index is 14.0. The molecule has 1 aliphatic heterocycles. The number of rotatable bonds is 3. The monoisotopic (exact) mass is 475 g/mol. The molecule has 1 aliphatic rings. The number of carbonyl (C=O) groups excluding carboxylic acids is 2. The maximum Gasteiger partial charge on any atom is 0.417 e. The average molecular weight is 475 g/mol. The van der Waals surface area contributed by atoms with E-state index in [1.807, 2.05) is 0 Å². The molecule has 8 nitrogen and oxygen atoms in total. The Balaban J connectivity index is 2.15. The zero-order chi connectivity index (χ0) is 24.9. The van der Waals surface area contributed by atoms with Gasteiger partial charge in [0.2, 0.25) is 5.82 Å². The van der Waals surface area contributed by atoms with E-state index >= 15 is 0 Å². The van der Waals surface area contributed by atoms with Crippen LogP contribution in [0.3, 0.4) is 0 Å². The molecule has 0 aliphatic carbocycles. The molecule has 33 heavy (non-hydrogen) atoms. The lowest BCUT2D eigenvalue weighted by atomic mass is 9.77. The van der Waals surface area contributed by atoms with E-state index in [0.717, 1.165) is 31.3 Å². The number of hydrogen-bond acceptors (Lipinski definition) is 5. The summed E-state index contributed by atoms with van der Waals surface area (Å²) in [5.74, 6) is -9.81. The fourth-order valence-corrected chi connectivity index (χ4v) is 3.76. The number of nitrogens with zero attached hydrogens (tertiary/aromatic N) is 2. The summed E-state index contributed by atoms with van der Waals surface area (Å²) < 4.78 is 74.4. The molecule has 1 saturated heterocycles. The first-order valence-corrected chi connectivity index (χ1v) is 9.40. The lowest BCUT2D eigenvalue weighted by Gasteiger charge is -2.31. The van der Waals surface area contributed by atoms with E-state index in [1.165, 1.54) is 0 Å². The molecule has 1 aromatic heterocycles. The maximum absolute atomic E-state index is 14.0. The number of amides is 2. The van der Waals surface area contributed by atoms with Crippen LogP contribution in [0.15, 0.2) is 35.5 Å². The predicted molar refractivity (Wildman–Crippen MR) is 100.0 cm³/mol. The van der Waals surface area contributed by atoms with Gasteiger partial charge in [-0.3, -0.25) is 9.59 Å². The number of halogens is 5. The summed E-state index contributed by atoms with van der Waals surface area (Å²) in [7, 11) is 0.